The molecule has 0 aliphatic rings. The summed E-state index contributed by atoms with van der Waals surface area (Å²) >= 11 is 0. The smallest absolute Gasteiger partial charge is 0.0540 e. The van der Waals surface area contributed by atoms with Gasteiger partial charge in [0.15, 0.2) is 0 Å². The van der Waals surface area contributed by atoms with E-state index in [0.717, 1.165) is 57.8 Å². The van der Waals surface area contributed by atoms with E-state index in [4.69, 9.17) is 0 Å². The highest BCUT2D eigenvalue weighted by Gasteiger charge is 2.04. The van der Waals surface area contributed by atoms with Crippen LogP contribution in [0.2, 0.25) is 0 Å². The molecule has 0 aliphatic heterocycles. The summed E-state index contributed by atoms with van der Waals surface area (Å²) in [5.74, 6) is 0. The van der Waals surface area contributed by atoms with Crippen molar-refractivity contribution in [3.63, 3.8) is 0 Å². The molecule has 2 atom stereocenters. The summed E-state index contributed by atoms with van der Waals surface area (Å²) < 4.78 is 0. The second-order valence-corrected chi connectivity index (χ2v) is 6.04. The Morgan fingerprint density at radius 1 is 0.773 bits per heavy atom. The fourth-order valence-corrected chi connectivity index (χ4v) is 2.42. The van der Waals surface area contributed by atoms with E-state index in [-0.39, 0.29) is 12.2 Å². The SMILES string of the molecule is C=CC=CC=CCCCCC(O)CCCCCCC(O)CC. The van der Waals surface area contributed by atoms with Gasteiger partial charge in [0.05, 0.1) is 12.2 Å². The Bertz CT molecular complexity index is 294. The van der Waals surface area contributed by atoms with Crippen LogP contribution in [0, 0.1) is 0 Å². The van der Waals surface area contributed by atoms with Crippen LogP contribution in [-0.4, -0.2) is 22.4 Å². The van der Waals surface area contributed by atoms with E-state index in [0.29, 0.717) is 0 Å². The van der Waals surface area contributed by atoms with Crippen molar-refractivity contribution in [2.75, 3.05) is 0 Å². The lowest BCUT2D eigenvalue weighted by Gasteiger charge is -2.10. The summed E-state index contributed by atoms with van der Waals surface area (Å²) in [5.41, 5.74) is 0. The van der Waals surface area contributed by atoms with Gasteiger partial charge in [-0.25, -0.2) is 0 Å². The molecule has 2 heteroatoms. The number of allylic oxidation sites excluding steroid dienone is 5. The predicted molar refractivity (Wildman–Crippen MR) is 97.0 cm³/mol. The second-order valence-electron chi connectivity index (χ2n) is 6.04. The maximum Gasteiger partial charge on any atom is 0.0540 e. The fourth-order valence-electron chi connectivity index (χ4n) is 2.42. The van der Waals surface area contributed by atoms with Gasteiger partial charge >= 0.3 is 0 Å². The molecule has 22 heavy (non-hydrogen) atoms. The first-order chi connectivity index (χ1) is 10.7. The molecular weight excluding hydrogens is 272 g/mol. The molecule has 128 valence electrons. The van der Waals surface area contributed by atoms with Crippen molar-refractivity contribution in [1.82, 2.24) is 0 Å². The number of rotatable bonds is 15. The third kappa shape index (κ3) is 15.5. The highest BCUT2D eigenvalue weighted by molar-refractivity contribution is 5.08. The molecule has 0 fully saturated rings. The quantitative estimate of drug-likeness (QED) is 0.317. The molecule has 0 radical (unpaired) electrons. The van der Waals surface area contributed by atoms with Crippen LogP contribution in [0.15, 0.2) is 37.0 Å². The highest BCUT2D eigenvalue weighted by Crippen LogP contribution is 2.13. The van der Waals surface area contributed by atoms with E-state index in [1.54, 1.807) is 6.08 Å². The van der Waals surface area contributed by atoms with Crippen molar-refractivity contribution in [3.05, 3.63) is 37.0 Å². The van der Waals surface area contributed by atoms with Crippen molar-refractivity contribution in [1.29, 1.82) is 0 Å². The first kappa shape index (κ1) is 21.1. The van der Waals surface area contributed by atoms with Crippen LogP contribution in [-0.2, 0) is 0 Å². The summed E-state index contributed by atoms with van der Waals surface area (Å²) in [6, 6.07) is 0. The standard InChI is InChI=1S/C20H36O2/c1-3-5-6-7-8-9-10-14-17-20(22)18-15-12-11-13-16-19(21)4-2/h3,5-8,19-22H,1,4,9-18H2,2H3. The Balaban J connectivity index is 3.32. The Morgan fingerprint density at radius 3 is 1.95 bits per heavy atom. The van der Waals surface area contributed by atoms with E-state index >= 15 is 0 Å². The van der Waals surface area contributed by atoms with Crippen molar-refractivity contribution in [2.24, 2.45) is 0 Å². The lowest BCUT2D eigenvalue weighted by Crippen LogP contribution is -2.06. The van der Waals surface area contributed by atoms with Gasteiger partial charge in [-0.1, -0.05) is 76.0 Å². The first-order valence-corrected chi connectivity index (χ1v) is 9.01. The van der Waals surface area contributed by atoms with Gasteiger partial charge in [-0.3, -0.25) is 0 Å². The first-order valence-electron chi connectivity index (χ1n) is 9.01. The lowest BCUT2D eigenvalue weighted by molar-refractivity contribution is 0.145. The van der Waals surface area contributed by atoms with Crippen molar-refractivity contribution < 1.29 is 10.2 Å². The minimum atomic E-state index is -0.133. The molecule has 2 unspecified atom stereocenters. The zero-order valence-electron chi connectivity index (χ0n) is 14.4. The molecule has 2 nitrogen and oxygen atoms in total. The fraction of sp³-hybridized carbons (Fsp3) is 0.700. The van der Waals surface area contributed by atoms with Crippen LogP contribution in [0.25, 0.3) is 0 Å². The van der Waals surface area contributed by atoms with Gasteiger partial charge in [0.25, 0.3) is 0 Å². The minimum absolute atomic E-state index is 0.119. The van der Waals surface area contributed by atoms with Gasteiger partial charge in [0.2, 0.25) is 0 Å². The molecule has 0 aromatic heterocycles. The zero-order chi connectivity index (χ0) is 16.5. The predicted octanol–water partition coefficient (Wildman–Crippen LogP) is 5.32. The van der Waals surface area contributed by atoms with Crippen LogP contribution in [0.4, 0.5) is 0 Å². The van der Waals surface area contributed by atoms with Crippen LogP contribution >= 0.6 is 0 Å². The summed E-state index contributed by atoms with van der Waals surface area (Å²) in [6.07, 6.45) is 21.1. The van der Waals surface area contributed by atoms with Crippen molar-refractivity contribution in [2.45, 2.75) is 89.8 Å². The van der Waals surface area contributed by atoms with E-state index in [9.17, 15) is 10.2 Å². The molecule has 0 bridgehead atoms. The molecule has 0 amide bonds. The Hall–Kier alpha value is -0.860. The van der Waals surface area contributed by atoms with E-state index < -0.39 is 0 Å². The molecular formula is C20H36O2. The molecule has 0 aromatic carbocycles. The van der Waals surface area contributed by atoms with Crippen molar-refractivity contribution in [3.8, 4) is 0 Å². The van der Waals surface area contributed by atoms with Gasteiger partial charge in [-0.2, -0.15) is 0 Å². The van der Waals surface area contributed by atoms with Gasteiger partial charge in [0.1, 0.15) is 0 Å². The monoisotopic (exact) mass is 308 g/mol. The molecule has 0 aromatic rings. The van der Waals surface area contributed by atoms with E-state index in [1.165, 1.54) is 12.8 Å². The van der Waals surface area contributed by atoms with Crippen molar-refractivity contribution >= 4 is 0 Å². The molecule has 0 heterocycles. The maximum atomic E-state index is 9.92. The van der Waals surface area contributed by atoms with Gasteiger partial charge in [-0.15, -0.1) is 0 Å². The summed E-state index contributed by atoms with van der Waals surface area (Å²) in [6.45, 7) is 5.64. The van der Waals surface area contributed by atoms with Crippen LogP contribution < -0.4 is 0 Å². The number of hydrogen-bond donors (Lipinski definition) is 2. The van der Waals surface area contributed by atoms with Gasteiger partial charge in [0, 0.05) is 0 Å². The molecule has 0 saturated carbocycles. The van der Waals surface area contributed by atoms with Crippen LogP contribution in [0.1, 0.15) is 77.6 Å². The largest absolute Gasteiger partial charge is 0.393 e. The molecule has 0 saturated heterocycles. The average molecular weight is 309 g/mol. The van der Waals surface area contributed by atoms with Gasteiger partial charge in [-0.05, 0) is 38.5 Å². The van der Waals surface area contributed by atoms with Crippen LogP contribution in [0.5, 0.6) is 0 Å². The lowest BCUT2D eigenvalue weighted by atomic mass is 10.0. The number of aliphatic hydroxyl groups is 2. The molecule has 0 aliphatic carbocycles. The Kier molecular flexibility index (Phi) is 15.9. The minimum Gasteiger partial charge on any atom is -0.393 e. The molecule has 0 spiro atoms. The normalized spacial score (nSPS) is 14.7. The summed E-state index contributed by atoms with van der Waals surface area (Å²) in [5, 5.41) is 19.4. The zero-order valence-corrected chi connectivity index (χ0v) is 14.4. The van der Waals surface area contributed by atoms with E-state index in [2.05, 4.69) is 12.7 Å². The molecule has 2 N–H and O–H groups in total. The van der Waals surface area contributed by atoms with E-state index in [1.807, 2.05) is 25.2 Å². The summed E-state index contributed by atoms with van der Waals surface area (Å²) in [7, 11) is 0. The number of aliphatic hydroxyl groups excluding tert-OH is 2. The second kappa shape index (κ2) is 16.5. The third-order valence-corrected chi connectivity index (χ3v) is 3.95. The Morgan fingerprint density at radius 2 is 1.36 bits per heavy atom. The molecule has 0 rings (SSSR count). The Labute approximate surface area is 137 Å². The number of hydrogen-bond acceptors (Lipinski definition) is 2. The third-order valence-electron chi connectivity index (χ3n) is 3.95. The maximum absolute atomic E-state index is 9.92. The highest BCUT2D eigenvalue weighted by atomic mass is 16.3. The topological polar surface area (TPSA) is 40.5 Å². The van der Waals surface area contributed by atoms with Crippen LogP contribution in [0.3, 0.4) is 0 Å². The van der Waals surface area contributed by atoms with Gasteiger partial charge < -0.3 is 10.2 Å². The summed E-state index contributed by atoms with van der Waals surface area (Å²) in [4.78, 5) is 0. The number of unbranched alkanes of at least 4 members (excludes halogenated alkanes) is 5. The average Bonchev–Trinajstić information content (AvgIpc) is 2.52.